The summed E-state index contributed by atoms with van der Waals surface area (Å²) >= 11 is 4.72. The normalized spacial score (nSPS) is 11.1. The number of hydrogen-bond donors (Lipinski definition) is 3. The van der Waals surface area contributed by atoms with Gasteiger partial charge in [0.25, 0.3) is 11.8 Å². The van der Waals surface area contributed by atoms with Gasteiger partial charge in [-0.3, -0.25) is 9.59 Å². The molecule has 0 bridgehead atoms. The molecule has 3 aromatic rings. The molecule has 0 unspecified atom stereocenters. The zero-order chi connectivity index (χ0) is 24.8. The van der Waals surface area contributed by atoms with Gasteiger partial charge in [0.05, 0.1) is 28.3 Å². The summed E-state index contributed by atoms with van der Waals surface area (Å²) in [7, 11) is 1.23. The van der Waals surface area contributed by atoms with E-state index in [0.29, 0.717) is 10.0 Å². The Morgan fingerprint density at radius 3 is 2.53 bits per heavy atom. The number of aryl methyl sites for hydroxylation is 2. The number of aromatic hydroxyl groups is 1. The van der Waals surface area contributed by atoms with Crippen LogP contribution in [0.5, 0.6) is 5.75 Å². The lowest BCUT2D eigenvalue weighted by Gasteiger charge is -2.11. The lowest BCUT2D eigenvalue weighted by Crippen LogP contribution is -2.28. The standard InChI is InChI=1S/C24H22BrN3O5S/c1-13-21(34-14(2)27-13)11-20(24(32)33-3)28-23(31)18-8-7-16(10-19(18)25)22(30)26-12-15-5-4-6-17(29)9-15/h4-11,29H,12H2,1-3H3,(H,26,30)(H,28,31)/b20-11-. The molecule has 8 nitrogen and oxygen atoms in total. The van der Waals surface area contributed by atoms with Crippen LogP contribution in [0.1, 0.15) is 41.9 Å². The quantitative estimate of drug-likeness (QED) is 0.305. The molecule has 1 aromatic heterocycles. The van der Waals surface area contributed by atoms with Crippen LogP contribution in [0.2, 0.25) is 0 Å². The number of rotatable bonds is 7. The number of methoxy groups -OCH3 is 1. The van der Waals surface area contributed by atoms with E-state index in [1.54, 1.807) is 24.3 Å². The first-order valence-corrected chi connectivity index (χ1v) is 11.7. The number of aromatic nitrogens is 1. The molecule has 0 radical (unpaired) electrons. The van der Waals surface area contributed by atoms with Crippen LogP contribution in [0.4, 0.5) is 0 Å². The molecule has 3 N–H and O–H groups in total. The van der Waals surface area contributed by atoms with Crippen molar-refractivity contribution in [2.24, 2.45) is 0 Å². The number of phenolic OH excluding ortho intramolecular Hbond substituents is 1. The second-order valence-electron chi connectivity index (χ2n) is 7.23. The molecule has 0 aliphatic heterocycles. The monoisotopic (exact) mass is 543 g/mol. The van der Waals surface area contributed by atoms with E-state index in [1.807, 2.05) is 13.8 Å². The third-order valence-electron chi connectivity index (χ3n) is 4.71. The Labute approximate surface area is 208 Å². The van der Waals surface area contributed by atoms with Gasteiger partial charge in [-0.15, -0.1) is 11.3 Å². The predicted molar refractivity (Wildman–Crippen MR) is 132 cm³/mol. The molecular formula is C24H22BrN3O5S. The first kappa shape index (κ1) is 25.1. The molecule has 0 aliphatic carbocycles. The number of halogens is 1. The molecule has 1 heterocycles. The van der Waals surface area contributed by atoms with Crippen LogP contribution in [0.3, 0.4) is 0 Å². The number of carbonyl (C=O) groups excluding carboxylic acids is 3. The number of amides is 2. The summed E-state index contributed by atoms with van der Waals surface area (Å²) in [5.74, 6) is -1.47. The van der Waals surface area contributed by atoms with Gasteiger partial charge in [-0.1, -0.05) is 12.1 Å². The third-order valence-corrected chi connectivity index (χ3v) is 6.38. The summed E-state index contributed by atoms with van der Waals surface area (Å²) < 4.78 is 5.18. The van der Waals surface area contributed by atoms with E-state index in [4.69, 9.17) is 4.74 Å². The minimum atomic E-state index is -0.696. The van der Waals surface area contributed by atoms with Gasteiger partial charge in [0.15, 0.2) is 0 Å². The van der Waals surface area contributed by atoms with Gasteiger partial charge in [0.1, 0.15) is 11.4 Å². The maximum Gasteiger partial charge on any atom is 0.354 e. The number of phenols is 1. The number of nitrogens with one attached hydrogen (secondary N) is 2. The average molecular weight is 544 g/mol. The molecule has 0 saturated heterocycles. The fourth-order valence-corrected chi connectivity index (χ4v) is 4.48. The SMILES string of the molecule is COC(=O)/C(=C/c1sc(C)nc1C)NC(=O)c1ccc(C(=O)NCc2cccc(O)c2)cc1Br. The highest BCUT2D eigenvalue weighted by molar-refractivity contribution is 9.10. The molecule has 3 rings (SSSR count). The molecule has 0 spiro atoms. The lowest BCUT2D eigenvalue weighted by molar-refractivity contribution is -0.136. The Morgan fingerprint density at radius 2 is 1.91 bits per heavy atom. The molecule has 0 aliphatic rings. The lowest BCUT2D eigenvalue weighted by atomic mass is 10.1. The van der Waals surface area contributed by atoms with Crippen molar-refractivity contribution in [1.82, 2.24) is 15.6 Å². The van der Waals surface area contributed by atoms with Crippen LogP contribution in [-0.4, -0.2) is 35.0 Å². The van der Waals surface area contributed by atoms with Crippen LogP contribution in [0, 0.1) is 13.8 Å². The van der Waals surface area contributed by atoms with E-state index in [1.165, 1.54) is 42.7 Å². The van der Waals surface area contributed by atoms with Gasteiger partial charge in [0.2, 0.25) is 0 Å². The molecule has 176 valence electrons. The van der Waals surface area contributed by atoms with Crippen molar-refractivity contribution in [3.05, 3.63) is 84.9 Å². The second-order valence-corrected chi connectivity index (χ2v) is 9.32. The van der Waals surface area contributed by atoms with E-state index < -0.39 is 11.9 Å². The predicted octanol–water partition coefficient (Wildman–Crippen LogP) is 4.10. The number of esters is 1. The van der Waals surface area contributed by atoms with E-state index in [9.17, 15) is 19.5 Å². The van der Waals surface area contributed by atoms with E-state index >= 15 is 0 Å². The molecule has 34 heavy (non-hydrogen) atoms. The minimum absolute atomic E-state index is 0.0286. The fourth-order valence-electron chi connectivity index (χ4n) is 3.05. The zero-order valence-corrected chi connectivity index (χ0v) is 21.0. The van der Waals surface area contributed by atoms with Gasteiger partial charge < -0.3 is 20.5 Å². The average Bonchev–Trinajstić information content (AvgIpc) is 3.12. The number of carbonyl (C=O) groups is 3. The maximum atomic E-state index is 12.9. The molecule has 0 fully saturated rings. The van der Waals surface area contributed by atoms with Crippen LogP contribution < -0.4 is 10.6 Å². The summed E-state index contributed by atoms with van der Waals surface area (Å²) in [6.45, 7) is 3.90. The highest BCUT2D eigenvalue weighted by Gasteiger charge is 2.19. The Balaban J connectivity index is 1.74. The van der Waals surface area contributed by atoms with Crippen molar-refractivity contribution in [3.8, 4) is 5.75 Å². The van der Waals surface area contributed by atoms with Gasteiger partial charge in [-0.2, -0.15) is 0 Å². The first-order chi connectivity index (χ1) is 16.2. The smallest absolute Gasteiger partial charge is 0.354 e. The van der Waals surface area contributed by atoms with Crippen molar-refractivity contribution in [1.29, 1.82) is 0 Å². The number of thiazole rings is 1. The Bertz CT molecular complexity index is 1290. The highest BCUT2D eigenvalue weighted by Crippen LogP contribution is 2.22. The number of hydrogen-bond acceptors (Lipinski definition) is 7. The van der Waals surface area contributed by atoms with Crippen molar-refractivity contribution in [2.75, 3.05) is 7.11 Å². The Morgan fingerprint density at radius 1 is 1.15 bits per heavy atom. The molecule has 0 saturated carbocycles. The molecular weight excluding hydrogens is 522 g/mol. The van der Waals surface area contributed by atoms with E-state index in [0.717, 1.165) is 21.1 Å². The number of nitrogens with zero attached hydrogens (tertiary/aromatic N) is 1. The minimum Gasteiger partial charge on any atom is -0.508 e. The second kappa shape index (κ2) is 11.1. The largest absolute Gasteiger partial charge is 0.508 e. The molecule has 2 amide bonds. The van der Waals surface area contributed by atoms with Crippen LogP contribution in [-0.2, 0) is 16.1 Å². The van der Waals surface area contributed by atoms with Crippen LogP contribution >= 0.6 is 27.3 Å². The fraction of sp³-hybridized carbons (Fsp3) is 0.167. The van der Waals surface area contributed by atoms with Crippen molar-refractivity contribution >= 4 is 51.1 Å². The van der Waals surface area contributed by atoms with Crippen molar-refractivity contribution < 1.29 is 24.2 Å². The number of benzene rings is 2. The van der Waals surface area contributed by atoms with E-state index in [-0.39, 0.29) is 29.5 Å². The summed E-state index contributed by atoms with van der Waals surface area (Å²) in [5.41, 5.74) is 2.02. The van der Waals surface area contributed by atoms with Gasteiger partial charge in [-0.05, 0) is 71.7 Å². The van der Waals surface area contributed by atoms with Gasteiger partial charge in [-0.25, -0.2) is 9.78 Å². The maximum absolute atomic E-state index is 12.9. The highest BCUT2D eigenvalue weighted by atomic mass is 79.9. The summed E-state index contributed by atoms with van der Waals surface area (Å²) in [4.78, 5) is 42.7. The topological polar surface area (TPSA) is 118 Å². The van der Waals surface area contributed by atoms with E-state index in [2.05, 4.69) is 31.5 Å². The zero-order valence-electron chi connectivity index (χ0n) is 18.6. The Kier molecular flexibility index (Phi) is 8.19. The third kappa shape index (κ3) is 6.30. The van der Waals surface area contributed by atoms with Gasteiger partial charge in [0, 0.05) is 16.6 Å². The summed E-state index contributed by atoms with van der Waals surface area (Å²) in [5, 5.41) is 15.7. The van der Waals surface area contributed by atoms with Crippen LogP contribution in [0.25, 0.3) is 6.08 Å². The first-order valence-electron chi connectivity index (χ1n) is 10.1. The molecule has 0 atom stereocenters. The van der Waals surface area contributed by atoms with Gasteiger partial charge >= 0.3 is 5.97 Å². The van der Waals surface area contributed by atoms with Crippen LogP contribution in [0.15, 0.2) is 52.6 Å². The number of ether oxygens (including phenoxy) is 1. The Hall–Kier alpha value is -3.50. The van der Waals surface area contributed by atoms with Crippen molar-refractivity contribution in [3.63, 3.8) is 0 Å². The summed E-state index contributed by atoms with van der Waals surface area (Å²) in [6.07, 6.45) is 1.53. The molecule has 10 heteroatoms. The molecule has 2 aromatic carbocycles. The van der Waals surface area contributed by atoms with Crippen molar-refractivity contribution in [2.45, 2.75) is 20.4 Å². The summed E-state index contributed by atoms with van der Waals surface area (Å²) in [6, 6.07) is 11.1.